The molecule has 1 aromatic heterocycles. The van der Waals surface area contributed by atoms with E-state index < -0.39 is 17.8 Å². The number of amides is 4. The lowest BCUT2D eigenvalue weighted by Crippen LogP contribution is -2.38. The molecule has 154 valence electrons. The van der Waals surface area contributed by atoms with Crippen LogP contribution in [0.15, 0.2) is 60.4 Å². The summed E-state index contributed by atoms with van der Waals surface area (Å²) >= 11 is 0. The van der Waals surface area contributed by atoms with Crippen LogP contribution in [0.5, 0.6) is 0 Å². The average Bonchev–Trinajstić information content (AvgIpc) is 3.21. The molecule has 0 saturated carbocycles. The fourth-order valence-electron chi connectivity index (χ4n) is 3.56. The van der Waals surface area contributed by atoms with Gasteiger partial charge in [-0.2, -0.15) is 0 Å². The summed E-state index contributed by atoms with van der Waals surface area (Å²) in [7, 11) is 0. The SMILES string of the molecule is C#CCn1cc(/C=C2/NC(=O)N(CC(=O)Nc3cccc(C)c3)C2=O)c2ccccc21. The van der Waals surface area contributed by atoms with Gasteiger partial charge in [0.25, 0.3) is 5.91 Å². The summed E-state index contributed by atoms with van der Waals surface area (Å²) in [6.45, 7) is 1.91. The number of benzene rings is 2. The zero-order valence-corrected chi connectivity index (χ0v) is 16.9. The van der Waals surface area contributed by atoms with E-state index in [0.29, 0.717) is 12.2 Å². The van der Waals surface area contributed by atoms with Crippen molar-refractivity contribution in [2.45, 2.75) is 13.5 Å². The van der Waals surface area contributed by atoms with Crippen molar-refractivity contribution in [2.24, 2.45) is 0 Å². The number of nitrogens with zero attached hydrogens (tertiary/aromatic N) is 2. The molecule has 4 amide bonds. The fourth-order valence-corrected chi connectivity index (χ4v) is 3.56. The van der Waals surface area contributed by atoms with Crippen LogP contribution < -0.4 is 10.6 Å². The highest BCUT2D eigenvalue weighted by Gasteiger charge is 2.35. The number of aromatic nitrogens is 1. The third-order valence-corrected chi connectivity index (χ3v) is 4.95. The minimum absolute atomic E-state index is 0.108. The largest absolute Gasteiger partial charge is 0.335 e. The Hall–Kier alpha value is -4.31. The normalized spacial score (nSPS) is 14.7. The Morgan fingerprint density at radius 3 is 2.77 bits per heavy atom. The van der Waals surface area contributed by atoms with Gasteiger partial charge in [0.1, 0.15) is 12.2 Å². The van der Waals surface area contributed by atoms with Crippen molar-refractivity contribution in [1.82, 2.24) is 14.8 Å². The topological polar surface area (TPSA) is 83.4 Å². The Kier molecular flexibility index (Phi) is 5.29. The molecule has 1 aliphatic heterocycles. The van der Waals surface area contributed by atoms with Gasteiger partial charge in [0.15, 0.2) is 0 Å². The first-order valence-corrected chi connectivity index (χ1v) is 9.68. The van der Waals surface area contributed by atoms with Crippen LogP contribution in [0, 0.1) is 19.3 Å². The quantitative estimate of drug-likeness (QED) is 0.384. The summed E-state index contributed by atoms with van der Waals surface area (Å²) in [5.41, 5.74) is 3.38. The van der Waals surface area contributed by atoms with Crippen molar-refractivity contribution in [2.75, 3.05) is 11.9 Å². The number of imide groups is 1. The van der Waals surface area contributed by atoms with E-state index in [9.17, 15) is 14.4 Å². The van der Waals surface area contributed by atoms with Crippen LogP contribution in [0.4, 0.5) is 10.5 Å². The molecule has 4 rings (SSSR count). The smallest absolute Gasteiger partial charge is 0.329 e. The standard InChI is InChI=1S/C24H20N4O3/c1-3-11-27-14-17(19-9-4-5-10-21(19)27)13-20-23(30)28(24(31)26-20)15-22(29)25-18-8-6-7-16(2)12-18/h1,4-10,12-14H,11,15H2,2H3,(H,25,29)(H,26,31)/b20-13+. The molecular formula is C24H20N4O3. The monoisotopic (exact) mass is 412 g/mol. The maximum absolute atomic E-state index is 12.8. The first kappa shape index (κ1) is 20.0. The third kappa shape index (κ3) is 4.05. The molecule has 0 bridgehead atoms. The molecule has 3 aromatic rings. The molecule has 2 aromatic carbocycles. The van der Waals surface area contributed by atoms with Gasteiger partial charge in [-0.1, -0.05) is 36.3 Å². The number of fused-ring (bicyclic) bond motifs is 1. The number of carbonyl (C=O) groups is 3. The second kappa shape index (κ2) is 8.20. The molecule has 0 atom stereocenters. The molecule has 31 heavy (non-hydrogen) atoms. The summed E-state index contributed by atoms with van der Waals surface area (Å²) in [6, 6.07) is 14.3. The number of hydrogen-bond donors (Lipinski definition) is 2. The molecule has 7 nitrogen and oxygen atoms in total. The molecule has 1 saturated heterocycles. The van der Waals surface area contributed by atoms with Crippen molar-refractivity contribution in [1.29, 1.82) is 0 Å². The number of carbonyl (C=O) groups excluding carboxylic acids is 3. The van der Waals surface area contributed by atoms with Crippen molar-refractivity contribution < 1.29 is 14.4 Å². The number of aryl methyl sites for hydroxylation is 1. The number of terminal acetylenes is 1. The minimum Gasteiger partial charge on any atom is -0.335 e. The number of para-hydroxylation sites is 1. The predicted octanol–water partition coefficient (Wildman–Crippen LogP) is 3.11. The Labute approximate surface area is 179 Å². The summed E-state index contributed by atoms with van der Waals surface area (Å²) < 4.78 is 1.90. The molecule has 1 aliphatic rings. The summed E-state index contributed by atoms with van der Waals surface area (Å²) in [6.07, 6.45) is 8.89. The van der Waals surface area contributed by atoms with Crippen LogP contribution in [0.1, 0.15) is 11.1 Å². The van der Waals surface area contributed by atoms with E-state index in [1.807, 2.05) is 54.1 Å². The van der Waals surface area contributed by atoms with Crippen LogP contribution in [-0.4, -0.2) is 33.9 Å². The van der Waals surface area contributed by atoms with Crippen LogP contribution in [0.3, 0.4) is 0 Å². The average molecular weight is 412 g/mol. The van der Waals surface area contributed by atoms with E-state index in [1.165, 1.54) is 0 Å². The predicted molar refractivity (Wildman–Crippen MR) is 119 cm³/mol. The van der Waals surface area contributed by atoms with Gasteiger partial charge in [0.2, 0.25) is 5.91 Å². The Balaban J connectivity index is 1.55. The van der Waals surface area contributed by atoms with Gasteiger partial charge in [-0.15, -0.1) is 6.42 Å². The maximum atomic E-state index is 12.8. The highest BCUT2D eigenvalue weighted by molar-refractivity contribution is 6.16. The van der Waals surface area contributed by atoms with E-state index in [4.69, 9.17) is 6.42 Å². The van der Waals surface area contributed by atoms with E-state index in [-0.39, 0.29) is 12.2 Å². The molecule has 0 unspecified atom stereocenters. The number of nitrogens with one attached hydrogen (secondary N) is 2. The van der Waals surface area contributed by atoms with Crippen molar-refractivity contribution in [3.8, 4) is 12.3 Å². The van der Waals surface area contributed by atoms with Gasteiger partial charge < -0.3 is 15.2 Å². The zero-order chi connectivity index (χ0) is 22.0. The van der Waals surface area contributed by atoms with Crippen LogP contribution >= 0.6 is 0 Å². The second-order valence-electron chi connectivity index (χ2n) is 7.23. The van der Waals surface area contributed by atoms with E-state index >= 15 is 0 Å². The number of anilines is 1. The van der Waals surface area contributed by atoms with Crippen molar-refractivity contribution in [3.05, 3.63) is 71.6 Å². The minimum atomic E-state index is -0.636. The Bertz CT molecular complexity index is 1280. The van der Waals surface area contributed by atoms with Gasteiger partial charge in [0, 0.05) is 28.4 Å². The van der Waals surface area contributed by atoms with Gasteiger partial charge >= 0.3 is 6.03 Å². The first-order chi connectivity index (χ1) is 15.0. The molecule has 2 heterocycles. The summed E-state index contributed by atoms with van der Waals surface area (Å²) in [5, 5.41) is 6.16. The Morgan fingerprint density at radius 1 is 1.19 bits per heavy atom. The number of hydrogen-bond acceptors (Lipinski definition) is 3. The van der Waals surface area contributed by atoms with Gasteiger partial charge in [-0.05, 0) is 36.8 Å². The molecule has 1 fully saturated rings. The Morgan fingerprint density at radius 2 is 2.00 bits per heavy atom. The van der Waals surface area contributed by atoms with Gasteiger partial charge in [-0.25, -0.2) is 9.69 Å². The lowest BCUT2D eigenvalue weighted by molar-refractivity contribution is -0.127. The second-order valence-corrected chi connectivity index (χ2v) is 7.23. The molecule has 2 N–H and O–H groups in total. The highest BCUT2D eigenvalue weighted by Crippen LogP contribution is 2.24. The van der Waals surface area contributed by atoms with Crippen LogP contribution in [-0.2, 0) is 16.1 Å². The summed E-state index contributed by atoms with van der Waals surface area (Å²) in [5.74, 6) is 1.59. The summed E-state index contributed by atoms with van der Waals surface area (Å²) in [4.78, 5) is 38.4. The first-order valence-electron chi connectivity index (χ1n) is 9.68. The lowest BCUT2D eigenvalue weighted by Gasteiger charge is -2.12. The van der Waals surface area contributed by atoms with Crippen molar-refractivity contribution >= 4 is 40.5 Å². The third-order valence-electron chi connectivity index (χ3n) is 4.95. The van der Waals surface area contributed by atoms with Gasteiger partial charge in [-0.3, -0.25) is 9.59 Å². The number of urea groups is 1. The molecule has 0 spiro atoms. The van der Waals surface area contributed by atoms with Gasteiger partial charge in [0.05, 0.1) is 6.54 Å². The molecule has 7 heteroatoms. The van der Waals surface area contributed by atoms with Crippen LogP contribution in [0.25, 0.3) is 17.0 Å². The molecule has 0 radical (unpaired) electrons. The number of rotatable bonds is 5. The fraction of sp³-hybridized carbons (Fsp3) is 0.125. The molecule has 0 aliphatic carbocycles. The highest BCUT2D eigenvalue weighted by atomic mass is 16.2. The maximum Gasteiger partial charge on any atom is 0.329 e. The van der Waals surface area contributed by atoms with Crippen molar-refractivity contribution in [3.63, 3.8) is 0 Å². The molecular weight excluding hydrogens is 392 g/mol. The van der Waals surface area contributed by atoms with E-state index in [1.54, 1.807) is 18.2 Å². The van der Waals surface area contributed by atoms with Crippen LogP contribution in [0.2, 0.25) is 0 Å². The van der Waals surface area contributed by atoms with E-state index in [0.717, 1.165) is 26.9 Å². The van der Waals surface area contributed by atoms with E-state index in [2.05, 4.69) is 16.6 Å². The lowest BCUT2D eigenvalue weighted by atomic mass is 10.1. The zero-order valence-electron chi connectivity index (χ0n) is 16.9.